The Morgan fingerprint density at radius 1 is 1.50 bits per heavy atom. The van der Waals surface area contributed by atoms with Gasteiger partial charge in [0.25, 0.3) is 0 Å². The Kier molecular flexibility index (Phi) is 6.09. The summed E-state index contributed by atoms with van der Waals surface area (Å²) >= 11 is 0. The van der Waals surface area contributed by atoms with E-state index in [1.54, 1.807) is 13.1 Å². The molecule has 0 atom stereocenters. The number of ether oxygens (including phenoxy) is 1. The summed E-state index contributed by atoms with van der Waals surface area (Å²) in [5, 5.41) is 2.59. The van der Waals surface area contributed by atoms with Crippen LogP contribution < -0.4 is 20.7 Å². The molecule has 3 N–H and O–H groups in total. The molecule has 0 spiro atoms. The lowest BCUT2D eigenvalue weighted by molar-refractivity contribution is -0.120. The van der Waals surface area contributed by atoms with Crippen LogP contribution in [0.1, 0.15) is 20.3 Å². The lowest BCUT2D eigenvalue weighted by atomic mass is 10.2. The van der Waals surface area contributed by atoms with Gasteiger partial charge in [0.05, 0.1) is 12.3 Å². The number of nitrogen functional groups attached to an aromatic ring is 1. The predicted molar refractivity (Wildman–Crippen MR) is 80.9 cm³/mol. The molecule has 0 aliphatic heterocycles. The summed E-state index contributed by atoms with van der Waals surface area (Å²) in [6.07, 6.45) is 0.418. The molecule has 0 unspecified atom stereocenters. The van der Waals surface area contributed by atoms with Crippen LogP contribution in [0.2, 0.25) is 0 Å². The van der Waals surface area contributed by atoms with Crippen molar-refractivity contribution in [3.05, 3.63) is 12.1 Å². The van der Waals surface area contributed by atoms with Gasteiger partial charge in [-0.3, -0.25) is 4.79 Å². The number of nitrogens with zero attached hydrogens (tertiary/aromatic N) is 2. The van der Waals surface area contributed by atoms with Gasteiger partial charge in [0.15, 0.2) is 0 Å². The van der Waals surface area contributed by atoms with Crippen molar-refractivity contribution in [2.24, 2.45) is 5.92 Å². The quantitative estimate of drug-likeness (QED) is 0.786. The molecule has 0 radical (unpaired) electrons. The van der Waals surface area contributed by atoms with Crippen LogP contribution in [0.3, 0.4) is 0 Å². The Morgan fingerprint density at radius 3 is 2.80 bits per heavy atom. The number of aromatic nitrogens is 1. The van der Waals surface area contributed by atoms with Crippen LogP contribution in [0.15, 0.2) is 12.1 Å². The van der Waals surface area contributed by atoms with E-state index in [1.807, 2.05) is 18.0 Å². The number of rotatable bonds is 7. The zero-order valence-electron chi connectivity index (χ0n) is 12.6. The van der Waals surface area contributed by atoms with Crippen LogP contribution in [0.25, 0.3) is 0 Å². The Balaban J connectivity index is 2.70. The summed E-state index contributed by atoms with van der Waals surface area (Å²) in [4.78, 5) is 17.5. The van der Waals surface area contributed by atoms with E-state index in [0.29, 0.717) is 37.1 Å². The summed E-state index contributed by atoms with van der Waals surface area (Å²) in [5.41, 5.74) is 6.37. The van der Waals surface area contributed by atoms with Crippen LogP contribution in [-0.4, -0.2) is 38.1 Å². The average Bonchev–Trinajstić information content (AvgIpc) is 2.43. The third kappa shape index (κ3) is 4.95. The maximum absolute atomic E-state index is 11.2. The van der Waals surface area contributed by atoms with Crippen molar-refractivity contribution >= 4 is 17.4 Å². The SMILES string of the molecule is CNC(=O)CCN(C)c1ccc(N)c(OCC(C)C)n1. The summed E-state index contributed by atoms with van der Waals surface area (Å²) in [6, 6.07) is 3.59. The molecule has 0 aliphatic rings. The molecular weight excluding hydrogens is 256 g/mol. The zero-order chi connectivity index (χ0) is 15.1. The molecule has 6 heteroatoms. The van der Waals surface area contributed by atoms with Gasteiger partial charge in [-0.05, 0) is 18.1 Å². The highest BCUT2D eigenvalue weighted by Crippen LogP contribution is 2.23. The van der Waals surface area contributed by atoms with Crippen molar-refractivity contribution in [1.82, 2.24) is 10.3 Å². The van der Waals surface area contributed by atoms with Crippen LogP contribution in [0, 0.1) is 5.92 Å². The minimum absolute atomic E-state index is 0.00331. The second kappa shape index (κ2) is 7.57. The molecular formula is C14H24N4O2. The van der Waals surface area contributed by atoms with E-state index >= 15 is 0 Å². The van der Waals surface area contributed by atoms with Crippen molar-refractivity contribution in [1.29, 1.82) is 0 Å². The van der Waals surface area contributed by atoms with Gasteiger partial charge in [0, 0.05) is 27.1 Å². The predicted octanol–water partition coefficient (Wildman–Crippen LogP) is 1.27. The largest absolute Gasteiger partial charge is 0.476 e. The van der Waals surface area contributed by atoms with Crippen LogP contribution in [0.5, 0.6) is 5.88 Å². The highest BCUT2D eigenvalue weighted by molar-refractivity contribution is 5.76. The van der Waals surface area contributed by atoms with E-state index in [2.05, 4.69) is 24.1 Å². The normalized spacial score (nSPS) is 10.4. The minimum Gasteiger partial charge on any atom is -0.476 e. The first kappa shape index (κ1) is 16.1. The maximum atomic E-state index is 11.2. The number of carbonyl (C=O) groups is 1. The van der Waals surface area contributed by atoms with Gasteiger partial charge in [-0.1, -0.05) is 13.8 Å². The fraction of sp³-hybridized carbons (Fsp3) is 0.571. The van der Waals surface area contributed by atoms with E-state index in [1.165, 1.54) is 0 Å². The van der Waals surface area contributed by atoms with Gasteiger partial charge >= 0.3 is 0 Å². The molecule has 1 rings (SSSR count). The summed E-state index contributed by atoms with van der Waals surface area (Å²) < 4.78 is 5.59. The third-order valence-electron chi connectivity index (χ3n) is 2.77. The van der Waals surface area contributed by atoms with Crippen LogP contribution in [0.4, 0.5) is 11.5 Å². The molecule has 0 bridgehead atoms. The molecule has 0 fully saturated rings. The Hall–Kier alpha value is -1.98. The smallest absolute Gasteiger partial charge is 0.239 e. The number of amides is 1. The number of carbonyl (C=O) groups excluding carboxylic acids is 1. The maximum Gasteiger partial charge on any atom is 0.239 e. The van der Waals surface area contributed by atoms with E-state index in [9.17, 15) is 4.79 Å². The van der Waals surface area contributed by atoms with E-state index in [4.69, 9.17) is 10.5 Å². The molecule has 1 heterocycles. The monoisotopic (exact) mass is 280 g/mol. The van der Waals surface area contributed by atoms with Gasteiger partial charge < -0.3 is 20.7 Å². The molecule has 6 nitrogen and oxygen atoms in total. The third-order valence-corrected chi connectivity index (χ3v) is 2.77. The molecule has 0 saturated heterocycles. The number of hydrogen-bond acceptors (Lipinski definition) is 5. The first-order valence-electron chi connectivity index (χ1n) is 6.75. The van der Waals surface area contributed by atoms with Gasteiger partial charge in [-0.15, -0.1) is 0 Å². The Labute approximate surface area is 120 Å². The van der Waals surface area contributed by atoms with Gasteiger partial charge in [-0.25, -0.2) is 0 Å². The standard InChI is InChI=1S/C14H24N4O2/c1-10(2)9-20-14-11(15)5-6-12(17-14)18(4)8-7-13(19)16-3/h5-6,10H,7-9,15H2,1-4H3,(H,16,19). The second-order valence-corrected chi connectivity index (χ2v) is 5.11. The first-order chi connectivity index (χ1) is 9.43. The summed E-state index contributed by atoms with van der Waals surface area (Å²) in [6.45, 7) is 5.29. The summed E-state index contributed by atoms with van der Waals surface area (Å²) in [5.74, 6) is 1.60. The average molecular weight is 280 g/mol. The molecule has 1 aromatic heterocycles. The highest BCUT2D eigenvalue weighted by atomic mass is 16.5. The van der Waals surface area contributed by atoms with E-state index in [-0.39, 0.29) is 5.91 Å². The summed E-state index contributed by atoms with van der Waals surface area (Å²) in [7, 11) is 3.51. The fourth-order valence-corrected chi connectivity index (χ4v) is 1.52. The molecule has 1 aromatic rings. The lowest BCUT2D eigenvalue weighted by Gasteiger charge is -2.19. The van der Waals surface area contributed by atoms with Crippen molar-refractivity contribution in [3.8, 4) is 5.88 Å². The van der Waals surface area contributed by atoms with Crippen molar-refractivity contribution in [3.63, 3.8) is 0 Å². The Bertz CT molecular complexity index is 449. The van der Waals surface area contributed by atoms with Crippen molar-refractivity contribution in [2.45, 2.75) is 20.3 Å². The number of anilines is 2. The zero-order valence-corrected chi connectivity index (χ0v) is 12.6. The van der Waals surface area contributed by atoms with Gasteiger partial charge in [0.2, 0.25) is 11.8 Å². The minimum atomic E-state index is 0.00331. The number of pyridine rings is 1. The molecule has 0 aliphatic carbocycles. The lowest BCUT2D eigenvalue weighted by Crippen LogP contribution is -2.27. The number of hydrogen-bond donors (Lipinski definition) is 2. The van der Waals surface area contributed by atoms with E-state index < -0.39 is 0 Å². The number of nitrogens with one attached hydrogen (secondary N) is 1. The molecule has 20 heavy (non-hydrogen) atoms. The Morgan fingerprint density at radius 2 is 2.20 bits per heavy atom. The van der Waals surface area contributed by atoms with Crippen LogP contribution >= 0.6 is 0 Å². The topological polar surface area (TPSA) is 80.5 Å². The van der Waals surface area contributed by atoms with Gasteiger partial charge in [-0.2, -0.15) is 4.98 Å². The highest BCUT2D eigenvalue weighted by Gasteiger charge is 2.10. The van der Waals surface area contributed by atoms with Crippen LogP contribution in [-0.2, 0) is 4.79 Å². The molecule has 0 aromatic carbocycles. The van der Waals surface area contributed by atoms with E-state index in [0.717, 1.165) is 5.82 Å². The molecule has 0 saturated carbocycles. The first-order valence-corrected chi connectivity index (χ1v) is 6.75. The van der Waals surface area contributed by atoms with Crippen molar-refractivity contribution in [2.75, 3.05) is 37.9 Å². The molecule has 112 valence electrons. The molecule has 1 amide bonds. The van der Waals surface area contributed by atoms with Crippen molar-refractivity contribution < 1.29 is 9.53 Å². The number of nitrogens with two attached hydrogens (primary N) is 1. The second-order valence-electron chi connectivity index (χ2n) is 5.11. The fourth-order valence-electron chi connectivity index (χ4n) is 1.52. The van der Waals surface area contributed by atoms with Gasteiger partial charge in [0.1, 0.15) is 5.82 Å².